The van der Waals surface area contributed by atoms with Crippen LogP contribution in [0.5, 0.6) is 0 Å². The van der Waals surface area contributed by atoms with E-state index in [1.165, 1.54) is 0 Å². The number of rotatable bonds is 3. The molecule has 3 nitrogen and oxygen atoms in total. The third-order valence-electron chi connectivity index (χ3n) is 2.80. The number of para-hydroxylation sites is 1. The highest BCUT2D eigenvalue weighted by atomic mass is 15.3. The average Bonchev–Trinajstić information content (AvgIpc) is 2.70. The Morgan fingerprint density at radius 2 is 2.12 bits per heavy atom. The number of nitrogens with zero attached hydrogens (tertiary/aromatic N) is 3. The van der Waals surface area contributed by atoms with Crippen LogP contribution in [-0.4, -0.2) is 9.78 Å². The van der Waals surface area contributed by atoms with Gasteiger partial charge in [-0.15, -0.1) is 0 Å². The van der Waals surface area contributed by atoms with E-state index in [1.807, 2.05) is 42.9 Å². The summed E-state index contributed by atoms with van der Waals surface area (Å²) in [6.07, 6.45) is 2.68. The summed E-state index contributed by atoms with van der Waals surface area (Å²) in [5, 5.41) is 14.4. The number of benzene rings is 1. The van der Waals surface area contributed by atoms with Gasteiger partial charge in [0, 0.05) is 11.9 Å². The number of hydrogen-bond acceptors (Lipinski definition) is 2. The molecule has 1 heterocycles. The van der Waals surface area contributed by atoms with Crippen LogP contribution in [0.3, 0.4) is 0 Å². The summed E-state index contributed by atoms with van der Waals surface area (Å²) in [6.45, 7) is 4.70. The van der Waals surface area contributed by atoms with Crippen molar-refractivity contribution in [2.24, 2.45) is 5.41 Å². The molecule has 16 heavy (non-hydrogen) atoms. The summed E-state index contributed by atoms with van der Waals surface area (Å²) in [7, 11) is 0. The summed E-state index contributed by atoms with van der Waals surface area (Å²) in [4.78, 5) is 0. The minimum Gasteiger partial charge on any atom is -0.265 e. The number of hydrogen-bond donors (Lipinski definition) is 0. The minimum absolute atomic E-state index is 0.285. The Labute approximate surface area is 95.3 Å². The molecule has 82 valence electrons. The molecule has 2 aromatic rings. The Morgan fingerprint density at radius 1 is 1.38 bits per heavy atom. The van der Waals surface area contributed by atoms with Crippen molar-refractivity contribution in [2.75, 3.05) is 0 Å². The second kappa shape index (κ2) is 3.97. The van der Waals surface area contributed by atoms with Gasteiger partial charge in [0.15, 0.2) is 0 Å². The lowest BCUT2D eigenvalue weighted by Crippen LogP contribution is -2.12. The van der Waals surface area contributed by atoms with Crippen molar-refractivity contribution in [1.82, 2.24) is 9.78 Å². The van der Waals surface area contributed by atoms with Crippen molar-refractivity contribution < 1.29 is 0 Å². The third-order valence-corrected chi connectivity index (χ3v) is 2.80. The molecule has 1 aromatic heterocycles. The molecule has 0 spiro atoms. The zero-order valence-electron chi connectivity index (χ0n) is 9.64. The Morgan fingerprint density at radius 3 is 2.88 bits per heavy atom. The molecule has 2 rings (SSSR count). The van der Waals surface area contributed by atoms with Gasteiger partial charge in [0.1, 0.15) is 0 Å². The van der Waals surface area contributed by atoms with E-state index >= 15 is 0 Å². The minimum atomic E-state index is -0.285. The fraction of sp³-hybridized carbons (Fsp3) is 0.385. The topological polar surface area (TPSA) is 41.6 Å². The molecule has 0 atom stereocenters. The normalized spacial score (nSPS) is 11.6. The van der Waals surface area contributed by atoms with Crippen LogP contribution in [0.25, 0.3) is 10.9 Å². The SMILES string of the molecule is CC(C)(C#N)CCn1ncc2ccccc21. The van der Waals surface area contributed by atoms with Crippen LogP contribution in [0.2, 0.25) is 0 Å². The first-order chi connectivity index (χ1) is 7.62. The van der Waals surface area contributed by atoms with Crippen LogP contribution < -0.4 is 0 Å². The van der Waals surface area contributed by atoms with E-state index in [9.17, 15) is 0 Å². The Kier molecular flexibility index (Phi) is 2.66. The highest BCUT2D eigenvalue weighted by molar-refractivity contribution is 5.78. The molecular weight excluding hydrogens is 198 g/mol. The number of aryl methyl sites for hydroxylation is 1. The average molecular weight is 213 g/mol. The van der Waals surface area contributed by atoms with Gasteiger partial charge >= 0.3 is 0 Å². The molecule has 0 aliphatic heterocycles. The van der Waals surface area contributed by atoms with E-state index < -0.39 is 0 Å². The van der Waals surface area contributed by atoms with E-state index in [1.54, 1.807) is 0 Å². The molecule has 0 aliphatic rings. The van der Waals surface area contributed by atoms with Crippen molar-refractivity contribution in [3.8, 4) is 6.07 Å². The molecule has 0 N–H and O–H groups in total. The lowest BCUT2D eigenvalue weighted by Gasteiger charge is -2.14. The van der Waals surface area contributed by atoms with Crippen molar-refractivity contribution in [3.05, 3.63) is 30.5 Å². The zero-order chi connectivity index (χ0) is 11.6. The standard InChI is InChI=1S/C13H15N3/c1-13(2,10-14)7-8-16-12-6-4-3-5-11(12)9-15-16/h3-6,9H,7-8H2,1-2H3. The van der Waals surface area contributed by atoms with E-state index in [0.29, 0.717) is 0 Å². The quantitative estimate of drug-likeness (QED) is 0.786. The van der Waals surface area contributed by atoms with Crippen LogP contribution >= 0.6 is 0 Å². The molecular formula is C13H15N3. The largest absolute Gasteiger partial charge is 0.265 e. The van der Waals surface area contributed by atoms with Gasteiger partial charge in [-0.25, -0.2) is 0 Å². The molecule has 0 aliphatic carbocycles. The lowest BCUT2D eigenvalue weighted by atomic mass is 9.91. The number of aromatic nitrogens is 2. The monoisotopic (exact) mass is 213 g/mol. The molecule has 0 saturated heterocycles. The van der Waals surface area contributed by atoms with E-state index in [2.05, 4.69) is 17.2 Å². The predicted octanol–water partition coefficient (Wildman–Crippen LogP) is 2.98. The fourth-order valence-electron chi connectivity index (χ4n) is 1.65. The fourth-order valence-corrected chi connectivity index (χ4v) is 1.65. The van der Waals surface area contributed by atoms with E-state index in [4.69, 9.17) is 5.26 Å². The van der Waals surface area contributed by atoms with Crippen molar-refractivity contribution in [1.29, 1.82) is 5.26 Å². The predicted molar refractivity (Wildman–Crippen MR) is 63.7 cm³/mol. The van der Waals surface area contributed by atoms with Gasteiger partial charge in [-0.1, -0.05) is 18.2 Å². The molecule has 0 unspecified atom stereocenters. The highest BCUT2D eigenvalue weighted by Gasteiger charge is 2.16. The maximum absolute atomic E-state index is 8.96. The summed E-state index contributed by atoms with van der Waals surface area (Å²) in [6, 6.07) is 10.4. The maximum Gasteiger partial charge on any atom is 0.0684 e. The molecule has 0 radical (unpaired) electrons. The maximum atomic E-state index is 8.96. The molecule has 0 saturated carbocycles. The van der Waals surface area contributed by atoms with Crippen molar-refractivity contribution in [2.45, 2.75) is 26.8 Å². The van der Waals surface area contributed by atoms with Gasteiger partial charge < -0.3 is 0 Å². The van der Waals surface area contributed by atoms with Gasteiger partial charge in [0.05, 0.1) is 23.2 Å². The van der Waals surface area contributed by atoms with Crippen LogP contribution in [0.15, 0.2) is 30.5 Å². The van der Waals surface area contributed by atoms with Gasteiger partial charge in [-0.3, -0.25) is 4.68 Å². The highest BCUT2D eigenvalue weighted by Crippen LogP contribution is 2.21. The van der Waals surface area contributed by atoms with Gasteiger partial charge in [-0.05, 0) is 26.3 Å². The van der Waals surface area contributed by atoms with Crippen LogP contribution in [0, 0.1) is 16.7 Å². The summed E-state index contributed by atoms with van der Waals surface area (Å²) >= 11 is 0. The lowest BCUT2D eigenvalue weighted by molar-refractivity contribution is 0.404. The molecule has 0 bridgehead atoms. The van der Waals surface area contributed by atoms with Gasteiger partial charge in [0.2, 0.25) is 0 Å². The van der Waals surface area contributed by atoms with Crippen molar-refractivity contribution in [3.63, 3.8) is 0 Å². The van der Waals surface area contributed by atoms with Crippen LogP contribution in [-0.2, 0) is 6.54 Å². The van der Waals surface area contributed by atoms with Gasteiger partial charge in [-0.2, -0.15) is 10.4 Å². The molecule has 0 fully saturated rings. The summed E-state index contributed by atoms with van der Waals surface area (Å²) in [5.41, 5.74) is 0.851. The Hall–Kier alpha value is -1.82. The Balaban J connectivity index is 2.20. The second-order valence-electron chi connectivity index (χ2n) is 4.67. The van der Waals surface area contributed by atoms with Crippen LogP contribution in [0.1, 0.15) is 20.3 Å². The molecule has 1 aromatic carbocycles. The first kappa shape index (κ1) is 10.7. The number of fused-ring (bicyclic) bond motifs is 1. The van der Waals surface area contributed by atoms with Crippen molar-refractivity contribution >= 4 is 10.9 Å². The second-order valence-corrected chi connectivity index (χ2v) is 4.67. The molecule has 3 heteroatoms. The first-order valence-electron chi connectivity index (χ1n) is 5.44. The Bertz CT molecular complexity index is 531. The molecule has 0 amide bonds. The zero-order valence-corrected chi connectivity index (χ0v) is 9.64. The van der Waals surface area contributed by atoms with E-state index in [-0.39, 0.29) is 5.41 Å². The van der Waals surface area contributed by atoms with Crippen LogP contribution in [0.4, 0.5) is 0 Å². The van der Waals surface area contributed by atoms with E-state index in [0.717, 1.165) is 23.9 Å². The summed E-state index contributed by atoms with van der Waals surface area (Å²) in [5.74, 6) is 0. The smallest absolute Gasteiger partial charge is 0.0684 e. The first-order valence-corrected chi connectivity index (χ1v) is 5.44. The number of nitriles is 1. The summed E-state index contributed by atoms with van der Waals surface area (Å²) < 4.78 is 1.97. The third kappa shape index (κ3) is 2.06. The van der Waals surface area contributed by atoms with Gasteiger partial charge in [0.25, 0.3) is 0 Å².